The molecule has 0 saturated heterocycles. The van der Waals surface area contributed by atoms with Crippen LogP contribution in [0.5, 0.6) is 5.75 Å². The molecule has 0 aliphatic carbocycles. The van der Waals surface area contributed by atoms with Crippen LogP contribution in [0.3, 0.4) is 0 Å². The number of pyridine rings is 1. The van der Waals surface area contributed by atoms with Crippen LogP contribution < -0.4 is 15.4 Å². The monoisotopic (exact) mass is 474 g/mol. The zero-order chi connectivity index (χ0) is 25.0. The Morgan fingerprint density at radius 1 is 1.15 bits per heavy atom. The van der Waals surface area contributed by atoms with Gasteiger partial charge in [0.25, 0.3) is 5.91 Å². The highest BCUT2D eigenvalue weighted by molar-refractivity contribution is 5.95. The van der Waals surface area contributed by atoms with Crippen LogP contribution in [-0.2, 0) is 11.3 Å². The topological polar surface area (TPSA) is 94.0 Å². The van der Waals surface area contributed by atoms with E-state index < -0.39 is 35.3 Å². The highest BCUT2D eigenvalue weighted by atomic mass is 19.1. The molecule has 2 heterocycles. The second-order valence-corrected chi connectivity index (χ2v) is 8.86. The van der Waals surface area contributed by atoms with E-state index in [-0.39, 0.29) is 30.2 Å². The van der Waals surface area contributed by atoms with Crippen molar-refractivity contribution in [2.75, 3.05) is 6.54 Å². The molecule has 2 N–H and O–H groups in total. The maximum atomic E-state index is 13.9. The van der Waals surface area contributed by atoms with Crippen molar-refractivity contribution in [2.24, 2.45) is 0 Å². The number of hydrogen-bond acceptors (Lipinski definition) is 5. The number of aryl methyl sites for hydroxylation is 1. The summed E-state index contributed by atoms with van der Waals surface area (Å²) >= 11 is 0. The van der Waals surface area contributed by atoms with Crippen molar-refractivity contribution in [3.8, 4) is 5.75 Å². The lowest BCUT2D eigenvalue weighted by Crippen LogP contribution is -2.43. The van der Waals surface area contributed by atoms with Gasteiger partial charge in [-0.2, -0.15) is 0 Å². The minimum atomic E-state index is -0.708. The van der Waals surface area contributed by atoms with Gasteiger partial charge in [-0.05, 0) is 58.9 Å². The van der Waals surface area contributed by atoms with Gasteiger partial charge in [0.05, 0.1) is 11.3 Å². The molecular formula is C24H28F2N4O4. The SMILES string of the molecule is Cc1nc2c(OCc3c(F)cccc3F)cccn2c1C(=O)NC(C)CNC(=O)OC(C)(C)C. The summed E-state index contributed by atoms with van der Waals surface area (Å²) in [5.41, 5.74) is 0.236. The third-order valence-corrected chi connectivity index (χ3v) is 4.77. The number of hydrogen-bond donors (Lipinski definition) is 2. The lowest BCUT2D eigenvalue weighted by Gasteiger charge is -2.21. The third kappa shape index (κ3) is 6.00. The van der Waals surface area contributed by atoms with Crippen LogP contribution in [0.25, 0.3) is 5.65 Å². The van der Waals surface area contributed by atoms with Gasteiger partial charge in [-0.1, -0.05) is 6.07 Å². The van der Waals surface area contributed by atoms with Gasteiger partial charge in [-0.15, -0.1) is 0 Å². The summed E-state index contributed by atoms with van der Waals surface area (Å²) in [6.07, 6.45) is 1.07. The molecule has 1 atom stereocenters. The van der Waals surface area contributed by atoms with Gasteiger partial charge in [0, 0.05) is 18.8 Å². The van der Waals surface area contributed by atoms with E-state index in [1.807, 2.05) is 0 Å². The number of ether oxygens (including phenoxy) is 2. The largest absolute Gasteiger partial charge is 0.485 e. The van der Waals surface area contributed by atoms with Crippen LogP contribution in [0.1, 0.15) is 49.4 Å². The number of halogens is 2. The summed E-state index contributed by atoms with van der Waals surface area (Å²) in [6.45, 7) is 8.53. The Kier molecular flexibility index (Phi) is 7.38. The molecular weight excluding hydrogens is 446 g/mol. The minimum absolute atomic E-state index is 0.166. The second kappa shape index (κ2) is 10.1. The first kappa shape index (κ1) is 24.9. The molecule has 0 radical (unpaired) electrons. The fourth-order valence-corrected chi connectivity index (χ4v) is 3.26. The number of nitrogens with one attached hydrogen (secondary N) is 2. The first-order chi connectivity index (χ1) is 16.0. The van der Waals surface area contributed by atoms with E-state index in [4.69, 9.17) is 9.47 Å². The Hall–Kier alpha value is -3.69. The molecule has 10 heteroatoms. The lowest BCUT2D eigenvalue weighted by molar-refractivity contribution is 0.0521. The molecule has 0 aliphatic heterocycles. The van der Waals surface area contributed by atoms with Crippen LogP contribution in [0, 0.1) is 18.6 Å². The highest BCUT2D eigenvalue weighted by Crippen LogP contribution is 2.24. The Morgan fingerprint density at radius 2 is 1.82 bits per heavy atom. The summed E-state index contributed by atoms with van der Waals surface area (Å²) in [5.74, 6) is -1.55. The molecule has 0 saturated carbocycles. The fourth-order valence-electron chi connectivity index (χ4n) is 3.26. The first-order valence-corrected chi connectivity index (χ1v) is 10.8. The maximum absolute atomic E-state index is 13.9. The average molecular weight is 475 g/mol. The molecule has 1 unspecified atom stereocenters. The van der Waals surface area contributed by atoms with Crippen molar-refractivity contribution < 1.29 is 27.8 Å². The van der Waals surface area contributed by atoms with Gasteiger partial charge < -0.3 is 20.1 Å². The normalized spacial score (nSPS) is 12.3. The van der Waals surface area contributed by atoms with Crippen molar-refractivity contribution in [1.29, 1.82) is 0 Å². The van der Waals surface area contributed by atoms with Crippen molar-refractivity contribution in [3.05, 3.63) is 65.1 Å². The van der Waals surface area contributed by atoms with Crippen molar-refractivity contribution in [1.82, 2.24) is 20.0 Å². The number of alkyl carbamates (subject to hydrolysis) is 1. The number of nitrogens with zero attached hydrogens (tertiary/aromatic N) is 2. The van der Waals surface area contributed by atoms with Gasteiger partial charge in [0.1, 0.15) is 29.5 Å². The smallest absolute Gasteiger partial charge is 0.407 e. The van der Waals surface area contributed by atoms with Gasteiger partial charge in [-0.25, -0.2) is 18.6 Å². The van der Waals surface area contributed by atoms with Gasteiger partial charge in [0.15, 0.2) is 11.4 Å². The summed E-state index contributed by atoms with van der Waals surface area (Å²) in [5, 5.41) is 5.43. The average Bonchev–Trinajstić information content (AvgIpc) is 3.07. The number of imidazole rings is 1. The zero-order valence-electron chi connectivity index (χ0n) is 19.7. The fraction of sp³-hybridized carbons (Fsp3) is 0.375. The molecule has 0 spiro atoms. The van der Waals surface area contributed by atoms with E-state index in [0.717, 1.165) is 12.1 Å². The molecule has 0 aliphatic rings. The Bertz CT molecular complexity index is 1180. The van der Waals surface area contributed by atoms with Crippen molar-refractivity contribution in [2.45, 2.75) is 52.9 Å². The molecule has 8 nitrogen and oxygen atoms in total. The summed E-state index contributed by atoms with van der Waals surface area (Å²) in [7, 11) is 0. The van der Waals surface area contributed by atoms with Gasteiger partial charge >= 0.3 is 6.09 Å². The van der Waals surface area contributed by atoms with Crippen LogP contribution in [0.15, 0.2) is 36.5 Å². The van der Waals surface area contributed by atoms with Crippen LogP contribution >= 0.6 is 0 Å². The number of carbonyl (C=O) groups excluding carboxylic acids is 2. The predicted molar refractivity (Wildman–Crippen MR) is 122 cm³/mol. The Morgan fingerprint density at radius 3 is 2.47 bits per heavy atom. The van der Waals surface area contributed by atoms with Crippen LogP contribution in [0.4, 0.5) is 13.6 Å². The Balaban J connectivity index is 1.72. The maximum Gasteiger partial charge on any atom is 0.407 e. The number of fused-ring (bicyclic) bond motifs is 1. The molecule has 0 bridgehead atoms. The Labute approximate surface area is 196 Å². The second-order valence-electron chi connectivity index (χ2n) is 8.86. The first-order valence-electron chi connectivity index (χ1n) is 10.8. The summed E-state index contributed by atoms with van der Waals surface area (Å²) in [6, 6.07) is 6.45. The van der Waals surface area contributed by atoms with Gasteiger partial charge in [-0.3, -0.25) is 9.20 Å². The summed E-state index contributed by atoms with van der Waals surface area (Å²) < 4.78 is 40.2. The number of rotatable bonds is 7. The predicted octanol–water partition coefficient (Wildman–Crippen LogP) is 4.14. The molecule has 3 aromatic rings. The number of benzene rings is 1. The van der Waals surface area contributed by atoms with E-state index in [1.54, 1.807) is 57.3 Å². The zero-order valence-corrected chi connectivity index (χ0v) is 19.7. The molecule has 2 aromatic heterocycles. The quantitative estimate of drug-likeness (QED) is 0.537. The molecule has 34 heavy (non-hydrogen) atoms. The van der Waals surface area contributed by atoms with Crippen molar-refractivity contribution >= 4 is 17.6 Å². The highest BCUT2D eigenvalue weighted by Gasteiger charge is 2.22. The molecule has 182 valence electrons. The number of aromatic nitrogens is 2. The van der Waals surface area contributed by atoms with Crippen LogP contribution in [0.2, 0.25) is 0 Å². The third-order valence-electron chi connectivity index (χ3n) is 4.77. The summed E-state index contributed by atoms with van der Waals surface area (Å²) in [4.78, 5) is 29.2. The number of carbonyl (C=O) groups is 2. The van der Waals surface area contributed by atoms with E-state index in [9.17, 15) is 18.4 Å². The van der Waals surface area contributed by atoms with Crippen LogP contribution in [-0.4, -0.2) is 39.6 Å². The van der Waals surface area contributed by atoms with E-state index in [0.29, 0.717) is 11.3 Å². The number of amides is 2. The molecule has 3 rings (SSSR count). The molecule has 2 amide bonds. The standard InChI is InChI=1S/C24H28F2N4O4/c1-14(12-27-23(32)34-24(3,4)5)28-22(31)20-15(2)29-21-19(10-7-11-30(20)21)33-13-16-17(25)8-6-9-18(16)26/h6-11,14H,12-13H2,1-5H3,(H,27,32)(H,28,31). The van der Waals surface area contributed by atoms with Gasteiger partial charge in [0.2, 0.25) is 0 Å². The molecule has 0 fully saturated rings. The van der Waals surface area contributed by atoms with E-state index >= 15 is 0 Å². The molecule has 1 aromatic carbocycles. The lowest BCUT2D eigenvalue weighted by atomic mass is 10.2. The van der Waals surface area contributed by atoms with E-state index in [2.05, 4.69) is 15.6 Å². The minimum Gasteiger partial charge on any atom is -0.485 e. The van der Waals surface area contributed by atoms with E-state index in [1.165, 1.54) is 6.07 Å². The van der Waals surface area contributed by atoms with Crippen molar-refractivity contribution in [3.63, 3.8) is 0 Å².